The largest absolute Gasteiger partial charge is 0.310 e. The second kappa shape index (κ2) is 12.2. The number of nitrogens with zero attached hydrogens (tertiary/aromatic N) is 1. The number of rotatable bonds is 5. The summed E-state index contributed by atoms with van der Waals surface area (Å²) in [5.41, 5.74) is 20.5. The molecule has 0 saturated heterocycles. The molecule has 1 heteroatoms. The van der Waals surface area contributed by atoms with Gasteiger partial charge in [0.15, 0.2) is 0 Å². The first-order valence-electron chi connectivity index (χ1n) is 19.6. The standard InChI is InChI=1S/C54H45N/c1-32-28-35(4)50(36(5)29-32)43-26-20-40-30-45-42-24-19-39(31-47(42)54(6,7)46-27-21-38-18-25-44(43)51(40)52(38)53(45)46)37-16-22-41(23-17-37)55(48-14-10-8-12-33(48)2)49-15-11-9-13-34(49)3/h8-31H,1-7H3. The summed E-state index contributed by atoms with van der Waals surface area (Å²) < 4.78 is 0. The Morgan fingerprint density at radius 2 is 1.02 bits per heavy atom. The molecule has 1 nitrogen and oxygen atoms in total. The maximum Gasteiger partial charge on any atom is 0.0490 e. The normalized spacial score (nSPS) is 13.1. The molecule has 9 aromatic carbocycles. The first-order valence-corrected chi connectivity index (χ1v) is 19.6. The van der Waals surface area contributed by atoms with Crippen molar-refractivity contribution in [3.63, 3.8) is 0 Å². The minimum atomic E-state index is -0.181. The van der Waals surface area contributed by atoms with E-state index in [4.69, 9.17) is 0 Å². The lowest BCUT2D eigenvalue weighted by Gasteiger charge is -2.36. The van der Waals surface area contributed by atoms with Gasteiger partial charge in [0.05, 0.1) is 0 Å². The van der Waals surface area contributed by atoms with Crippen molar-refractivity contribution in [2.24, 2.45) is 0 Å². The van der Waals surface area contributed by atoms with Gasteiger partial charge in [-0.05, 0) is 170 Å². The van der Waals surface area contributed by atoms with E-state index in [1.54, 1.807) is 0 Å². The van der Waals surface area contributed by atoms with Crippen LogP contribution in [0.4, 0.5) is 17.1 Å². The summed E-state index contributed by atoms with van der Waals surface area (Å²) in [6, 6.07) is 54.9. The molecule has 1 aliphatic carbocycles. The van der Waals surface area contributed by atoms with Gasteiger partial charge in [-0.1, -0.05) is 129 Å². The van der Waals surface area contributed by atoms with Gasteiger partial charge in [-0.2, -0.15) is 0 Å². The fourth-order valence-electron chi connectivity index (χ4n) is 9.93. The number of anilines is 3. The predicted octanol–water partition coefficient (Wildman–Crippen LogP) is 15.2. The molecule has 0 fully saturated rings. The van der Waals surface area contributed by atoms with E-state index in [-0.39, 0.29) is 5.41 Å². The molecule has 0 aliphatic heterocycles. The van der Waals surface area contributed by atoms with Crippen LogP contribution in [0.15, 0.2) is 146 Å². The number of hydrogen-bond donors (Lipinski definition) is 0. The summed E-state index contributed by atoms with van der Waals surface area (Å²) in [5, 5.41) is 8.16. The van der Waals surface area contributed by atoms with E-state index in [9.17, 15) is 0 Å². The lowest BCUT2D eigenvalue weighted by Crippen LogP contribution is -2.24. The van der Waals surface area contributed by atoms with Gasteiger partial charge in [-0.15, -0.1) is 0 Å². The molecule has 0 heterocycles. The second-order valence-corrected chi connectivity index (χ2v) is 16.4. The fourth-order valence-corrected chi connectivity index (χ4v) is 9.93. The highest BCUT2D eigenvalue weighted by molar-refractivity contribution is 6.29. The lowest BCUT2D eigenvalue weighted by atomic mass is 9.67. The number of fused-ring (bicyclic) bond motifs is 2. The first kappa shape index (κ1) is 33.4. The van der Waals surface area contributed by atoms with E-state index in [0.717, 1.165) is 5.69 Å². The average molecular weight is 708 g/mol. The molecule has 9 aromatic rings. The van der Waals surface area contributed by atoms with Crippen LogP contribution in [0.1, 0.15) is 52.8 Å². The summed E-state index contributed by atoms with van der Waals surface area (Å²) in [6.07, 6.45) is 0. The molecule has 1 aliphatic rings. The zero-order valence-corrected chi connectivity index (χ0v) is 32.8. The average Bonchev–Trinajstić information content (AvgIpc) is 3.18. The van der Waals surface area contributed by atoms with Crippen LogP contribution in [0.25, 0.3) is 65.7 Å². The van der Waals surface area contributed by atoms with Crippen molar-refractivity contribution in [3.05, 3.63) is 185 Å². The van der Waals surface area contributed by atoms with Crippen LogP contribution in [-0.2, 0) is 5.41 Å². The molecule has 0 spiro atoms. The van der Waals surface area contributed by atoms with E-state index in [0.29, 0.717) is 0 Å². The third kappa shape index (κ3) is 4.99. The maximum atomic E-state index is 2.47. The molecule has 0 radical (unpaired) electrons. The molecule has 55 heavy (non-hydrogen) atoms. The van der Waals surface area contributed by atoms with E-state index in [2.05, 4.69) is 199 Å². The quantitative estimate of drug-likeness (QED) is 0.161. The summed E-state index contributed by atoms with van der Waals surface area (Å²) in [4.78, 5) is 2.39. The molecule has 0 atom stereocenters. The maximum absolute atomic E-state index is 2.47. The van der Waals surface area contributed by atoms with Gasteiger partial charge in [0.2, 0.25) is 0 Å². The van der Waals surface area contributed by atoms with Gasteiger partial charge in [0.1, 0.15) is 0 Å². The van der Waals surface area contributed by atoms with Gasteiger partial charge in [-0.25, -0.2) is 0 Å². The van der Waals surface area contributed by atoms with Crippen molar-refractivity contribution in [1.29, 1.82) is 0 Å². The number of para-hydroxylation sites is 2. The number of aryl methyl sites for hydroxylation is 5. The van der Waals surface area contributed by atoms with Crippen molar-refractivity contribution in [2.75, 3.05) is 4.90 Å². The van der Waals surface area contributed by atoms with Crippen LogP contribution in [-0.4, -0.2) is 0 Å². The zero-order valence-electron chi connectivity index (χ0n) is 32.8. The molecule has 0 amide bonds. The van der Waals surface area contributed by atoms with E-state index >= 15 is 0 Å². The highest BCUT2D eigenvalue weighted by Gasteiger charge is 2.35. The Morgan fingerprint density at radius 3 is 1.69 bits per heavy atom. The minimum Gasteiger partial charge on any atom is -0.310 e. The van der Waals surface area contributed by atoms with Gasteiger partial charge in [0, 0.05) is 22.5 Å². The highest BCUT2D eigenvalue weighted by atomic mass is 15.1. The van der Waals surface area contributed by atoms with Gasteiger partial charge < -0.3 is 4.90 Å². The van der Waals surface area contributed by atoms with E-state index in [1.807, 2.05) is 0 Å². The van der Waals surface area contributed by atoms with Crippen LogP contribution in [0, 0.1) is 34.6 Å². The number of benzene rings is 9. The van der Waals surface area contributed by atoms with Gasteiger partial charge >= 0.3 is 0 Å². The Balaban J connectivity index is 1.11. The monoisotopic (exact) mass is 707 g/mol. The van der Waals surface area contributed by atoms with Crippen molar-refractivity contribution in [2.45, 2.75) is 53.9 Å². The molecule has 0 N–H and O–H groups in total. The third-order valence-electron chi connectivity index (χ3n) is 12.5. The topological polar surface area (TPSA) is 3.24 Å². The molecule has 0 aromatic heterocycles. The molecule has 0 bridgehead atoms. The second-order valence-electron chi connectivity index (χ2n) is 16.4. The Labute approximate surface area is 324 Å². The fraction of sp³-hybridized carbons (Fsp3) is 0.148. The molecule has 10 rings (SSSR count). The highest BCUT2D eigenvalue weighted by Crippen LogP contribution is 2.53. The first-order chi connectivity index (χ1) is 26.6. The van der Waals surface area contributed by atoms with E-state index in [1.165, 1.54) is 116 Å². The van der Waals surface area contributed by atoms with Gasteiger partial charge in [-0.3, -0.25) is 0 Å². The van der Waals surface area contributed by atoms with Crippen LogP contribution < -0.4 is 4.90 Å². The molecule has 0 unspecified atom stereocenters. The Morgan fingerprint density at radius 1 is 0.418 bits per heavy atom. The van der Waals surface area contributed by atoms with Crippen LogP contribution in [0.5, 0.6) is 0 Å². The Hall–Kier alpha value is -6.18. The SMILES string of the molecule is Cc1cc(C)c(-c2ccc3cc4c5c(ccc6ccc2c3c65)C(C)(C)c2cc(-c3ccc(N(c5ccccc5C)c5ccccc5C)cc3)ccc2-4)c(C)c1. The molecular formula is C54H45N. The van der Waals surface area contributed by atoms with E-state index < -0.39 is 0 Å². The van der Waals surface area contributed by atoms with Crippen molar-refractivity contribution >= 4 is 49.4 Å². The molecular weight excluding hydrogens is 663 g/mol. The van der Waals surface area contributed by atoms with Crippen LogP contribution >= 0.6 is 0 Å². The molecule has 0 saturated carbocycles. The summed E-state index contributed by atoms with van der Waals surface area (Å²) in [5.74, 6) is 0. The summed E-state index contributed by atoms with van der Waals surface area (Å²) in [7, 11) is 0. The lowest BCUT2D eigenvalue weighted by molar-refractivity contribution is 0.646. The smallest absolute Gasteiger partial charge is 0.0490 e. The van der Waals surface area contributed by atoms with Crippen molar-refractivity contribution in [3.8, 4) is 33.4 Å². The minimum absolute atomic E-state index is 0.181. The Bertz CT molecular complexity index is 2930. The van der Waals surface area contributed by atoms with Crippen molar-refractivity contribution < 1.29 is 0 Å². The van der Waals surface area contributed by atoms with Crippen molar-refractivity contribution in [1.82, 2.24) is 0 Å². The third-order valence-corrected chi connectivity index (χ3v) is 12.5. The Kier molecular flexibility index (Phi) is 7.39. The summed E-state index contributed by atoms with van der Waals surface area (Å²) in [6.45, 7) is 15.9. The van der Waals surface area contributed by atoms with Crippen LogP contribution in [0.3, 0.4) is 0 Å². The van der Waals surface area contributed by atoms with Gasteiger partial charge in [0.25, 0.3) is 0 Å². The predicted molar refractivity (Wildman–Crippen MR) is 237 cm³/mol. The molecule has 266 valence electrons. The number of hydrogen-bond acceptors (Lipinski definition) is 1. The summed E-state index contributed by atoms with van der Waals surface area (Å²) >= 11 is 0. The van der Waals surface area contributed by atoms with Crippen LogP contribution in [0.2, 0.25) is 0 Å². The zero-order chi connectivity index (χ0) is 37.7.